The van der Waals surface area contributed by atoms with Gasteiger partial charge in [-0.1, -0.05) is 29.3 Å². The van der Waals surface area contributed by atoms with E-state index in [0.29, 0.717) is 22.2 Å². The predicted molar refractivity (Wildman–Crippen MR) is 87.6 cm³/mol. The van der Waals surface area contributed by atoms with E-state index in [1.165, 1.54) is 4.90 Å². The van der Waals surface area contributed by atoms with Crippen molar-refractivity contribution < 1.29 is 19.1 Å². The van der Waals surface area contributed by atoms with Crippen molar-refractivity contribution in [3.63, 3.8) is 0 Å². The molecule has 0 aromatic heterocycles. The van der Waals surface area contributed by atoms with E-state index in [4.69, 9.17) is 23.2 Å². The molecule has 1 rings (SSSR count). The molecule has 0 saturated heterocycles. The average molecular weight is 361 g/mol. The molecule has 0 aliphatic heterocycles. The zero-order valence-corrected chi connectivity index (χ0v) is 14.4. The Morgan fingerprint density at radius 3 is 2.30 bits per heavy atom. The smallest absolute Gasteiger partial charge is 0.413 e. The molecule has 3 amide bonds. The third-order valence-electron chi connectivity index (χ3n) is 2.98. The van der Waals surface area contributed by atoms with Crippen molar-refractivity contribution in [1.29, 1.82) is 0 Å². The van der Waals surface area contributed by atoms with Gasteiger partial charge in [0.25, 0.3) is 0 Å². The zero-order valence-electron chi connectivity index (χ0n) is 12.9. The highest BCUT2D eigenvalue weighted by Crippen LogP contribution is 2.25. The quantitative estimate of drug-likeness (QED) is 0.845. The number of hydrogen-bond acceptors (Lipinski definition) is 4. The summed E-state index contributed by atoms with van der Waals surface area (Å²) >= 11 is 12.1. The van der Waals surface area contributed by atoms with Crippen LogP contribution in [0, 0.1) is 0 Å². The first-order valence-corrected chi connectivity index (χ1v) is 7.81. The average Bonchev–Trinajstić information content (AvgIpc) is 2.48. The molecule has 0 aliphatic rings. The van der Waals surface area contributed by atoms with Crippen molar-refractivity contribution >= 4 is 41.1 Å². The van der Waals surface area contributed by atoms with Crippen LogP contribution in [0.3, 0.4) is 0 Å². The minimum atomic E-state index is -0.838. The van der Waals surface area contributed by atoms with E-state index in [0.717, 1.165) is 0 Å². The highest BCUT2D eigenvalue weighted by Gasteiger charge is 2.19. The van der Waals surface area contributed by atoms with Gasteiger partial charge in [0, 0.05) is 16.6 Å². The molecule has 1 aromatic rings. The SMILES string of the molecule is CCOC(=O)NC(=O)CN(CC)C(=O)Cc1c(Cl)cccc1Cl. The number of benzene rings is 1. The van der Waals surface area contributed by atoms with E-state index in [9.17, 15) is 14.4 Å². The monoisotopic (exact) mass is 360 g/mol. The van der Waals surface area contributed by atoms with E-state index >= 15 is 0 Å². The summed E-state index contributed by atoms with van der Waals surface area (Å²) < 4.78 is 4.61. The van der Waals surface area contributed by atoms with Crippen LogP contribution in [0.5, 0.6) is 0 Å². The van der Waals surface area contributed by atoms with E-state index in [1.807, 2.05) is 5.32 Å². The standard InChI is InChI=1S/C15H18Cl2N2O4/c1-3-19(9-13(20)18-15(22)23-4-2)14(21)8-10-11(16)6-5-7-12(10)17/h5-7H,3-4,8-9H2,1-2H3,(H,18,20,22). The first kappa shape index (κ1) is 19.3. The molecule has 0 unspecified atom stereocenters. The maximum Gasteiger partial charge on any atom is 0.413 e. The van der Waals surface area contributed by atoms with Crippen LogP contribution in [0.25, 0.3) is 0 Å². The second kappa shape index (κ2) is 9.37. The van der Waals surface area contributed by atoms with Crippen LogP contribution in [0.15, 0.2) is 18.2 Å². The van der Waals surface area contributed by atoms with Crippen LogP contribution >= 0.6 is 23.2 Å². The number of hydrogen-bond donors (Lipinski definition) is 1. The van der Waals surface area contributed by atoms with Gasteiger partial charge in [0.1, 0.15) is 6.54 Å². The van der Waals surface area contributed by atoms with Gasteiger partial charge in [0.05, 0.1) is 13.0 Å². The Morgan fingerprint density at radius 2 is 1.78 bits per heavy atom. The fraction of sp³-hybridized carbons (Fsp3) is 0.400. The largest absolute Gasteiger partial charge is 0.450 e. The lowest BCUT2D eigenvalue weighted by molar-refractivity contribution is -0.135. The Labute approximate surface area is 144 Å². The third-order valence-corrected chi connectivity index (χ3v) is 3.68. The van der Waals surface area contributed by atoms with Gasteiger partial charge < -0.3 is 9.64 Å². The van der Waals surface area contributed by atoms with Gasteiger partial charge in [0.15, 0.2) is 0 Å². The molecule has 0 aliphatic carbocycles. The molecule has 0 spiro atoms. The number of amides is 3. The van der Waals surface area contributed by atoms with Gasteiger partial charge in [-0.05, 0) is 31.5 Å². The number of rotatable bonds is 6. The second-order valence-electron chi connectivity index (χ2n) is 4.55. The maximum atomic E-state index is 12.3. The number of imide groups is 1. The number of alkyl carbamates (subject to hydrolysis) is 1. The minimum Gasteiger partial charge on any atom is -0.450 e. The molecule has 8 heteroatoms. The lowest BCUT2D eigenvalue weighted by Crippen LogP contribution is -2.43. The molecule has 0 saturated carbocycles. The summed E-state index contributed by atoms with van der Waals surface area (Å²) in [6, 6.07) is 4.96. The fourth-order valence-electron chi connectivity index (χ4n) is 1.83. The van der Waals surface area contributed by atoms with Gasteiger partial charge in [-0.15, -0.1) is 0 Å². The molecule has 1 N–H and O–H groups in total. The summed E-state index contributed by atoms with van der Waals surface area (Å²) in [7, 11) is 0. The lowest BCUT2D eigenvalue weighted by Gasteiger charge is -2.20. The summed E-state index contributed by atoms with van der Waals surface area (Å²) in [4.78, 5) is 36.5. The number of carbonyl (C=O) groups excluding carboxylic acids is 3. The van der Waals surface area contributed by atoms with Gasteiger partial charge in [-0.3, -0.25) is 14.9 Å². The van der Waals surface area contributed by atoms with E-state index in [1.54, 1.807) is 32.0 Å². The summed E-state index contributed by atoms with van der Waals surface area (Å²) in [5.41, 5.74) is 0.505. The highest BCUT2D eigenvalue weighted by atomic mass is 35.5. The fourth-order valence-corrected chi connectivity index (χ4v) is 2.37. The predicted octanol–water partition coefficient (Wildman–Crippen LogP) is 2.66. The molecule has 0 bridgehead atoms. The summed E-state index contributed by atoms with van der Waals surface area (Å²) in [5, 5.41) is 2.81. The second-order valence-corrected chi connectivity index (χ2v) is 5.37. The highest BCUT2D eigenvalue weighted by molar-refractivity contribution is 6.36. The molecular weight excluding hydrogens is 343 g/mol. The Hall–Kier alpha value is -1.79. The summed E-state index contributed by atoms with van der Waals surface area (Å²) in [6.07, 6.45) is -0.867. The van der Waals surface area contributed by atoms with Crippen molar-refractivity contribution in [3.8, 4) is 0 Å². The molecular formula is C15H18Cl2N2O4. The van der Waals surface area contributed by atoms with Crippen molar-refractivity contribution in [3.05, 3.63) is 33.8 Å². The van der Waals surface area contributed by atoms with E-state index in [-0.39, 0.29) is 25.5 Å². The number of ether oxygens (including phenoxy) is 1. The molecule has 0 heterocycles. The number of halogens is 2. The molecule has 6 nitrogen and oxygen atoms in total. The molecule has 1 aromatic carbocycles. The zero-order chi connectivity index (χ0) is 17.4. The van der Waals surface area contributed by atoms with Crippen molar-refractivity contribution in [2.75, 3.05) is 19.7 Å². The molecule has 126 valence electrons. The number of nitrogens with one attached hydrogen (secondary N) is 1. The molecule has 0 atom stereocenters. The first-order valence-electron chi connectivity index (χ1n) is 7.06. The van der Waals surface area contributed by atoms with Crippen LogP contribution in [0.2, 0.25) is 10.0 Å². The van der Waals surface area contributed by atoms with E-state index in [2.05, 4.69) is 4.74 Å². The van der Waals surface area contributed by atoms with Crippen LogP contribution in [0.4, 0.5) is 4.79 Å². The van der Waals surface area contributed by atoms with Gasteiger partial charge >= 0.3 is 6.09 Å². The van der Waals surface area contributed by atoms with Crippen molar-refractivity contribution in [1.82, 2.24) is 10.2 Å². The topological polar surface area (TPSA) is 75.7 Å². The molecule has 0 radical (unpaired) electrons. The van der Waals surface area contributed by atoms with E-state index < -0.39 is 12.0 Å². The van der Waals surface area contributed by atoms with Crippen LogP contribution in [-0.4, -0.2) is 42.5 Å². The van der Waals surface area contributed by atoms with Gasteiger partial charge in [-0.25, -0.2) is 4.79 Å². The Bertz CT molecular complexity index is 573. The van der Waals surface area contributed by atoms with Crippen molar-refractivity contribution in [2.24, 2.45) is 0 Å². The Morgan fingerprint density at radius 1 is 1.17 bits per heavy atom. The first-order chi connectivity index (χ1) is 10.9. The Balaban J connectivity index is 2.68. The molecule has 23 heavy (non-hydrogen) atoms. The summed E-state index contributed by atoms with van der Waals surface area (Å²) in [5.74, 6) is -0.939. The number of likely N-dealkylation sites (N-methyl/N-ethyl adjacent to an activating group) is 1. The summed E-state index contributed by atoms with van der Waals surface area (Å²) in [6.45, 7) is 3.55. The lowest BCUT2D eigenvalue weighted by atomic mass is 10.1. The number of nitrogens with zero attached hydrogens (tertiary/aromatic N) is 1. The van der Waals surface area contributed by atoms with Crippen molar-refractivity contribution in [2.45, 2.75) is 20.3 Å². The van der Waals surface area contributed by atoms with Crippen LogP contribution in [0.1, 0.15) is 19.4 Å². The molecule has 0 fully saturated rings. The normalized spacial score (nSPS) is 10.1. The van der Waals surface area contributed by atoms with Gasteiger partial charge in [-0.2, -0.15) is 0 Å². The minimum absolute atomic E-state index is 0.0287. The number of carbonyl (C=O) groups is 3. The van der Waals surface area contributed by atoms with Crippen LogP contribution < -0.4 is 5.32 Å². The van der Waals surface area contributed by atoms with Gasteiger partial charge in [0.2, 0.25) is 11.8 Å². The van der Waals surface area contributed by atoms with Crippen LogP contribution in [-0.2, 0) is 20.7 Å². The maximum absolute atomic E-state index is 12.3. The Kier molecular flexibility index (Phi) is 7.85. The third kappa shape index (κ3) is 6.08.